The number of anilines is 1. The lowest BCUT2D eigenvalue weighted by molar-refractivity contribution is -0.141. The third-order valence-corrected chi connectivity index (χ3v) is 3.70. The van der Waals surface area contributed by atoms with Crippen molar-refractivity contribution < 1.29 is 23.1 Å². The summed E-state index contributed by atoms with van der Waals surface area (Å²) in [6, 6.07) is -1.04. The largest absolute Gasteiger partial charge is 0.480 e. The first-order valence-corrected chi connectivity index (χ1v) is 8.53. The van der Waals surface area contributed by atoms with Crippen LogP contribution in [-0.4, -0.2) is 42.7 Å². The highest BCUT2D eigenvalue weighted by Crippen LogP contribution is 2.16. The fourth-order valence-corrected chi connectivity index (χ4v) is 2.95. The number of nitrogens with zero attached hydrogens (tertiary/aromatic N) is 1. The summed E-state index contributed by atoms with van der Waals surface area (Å²) in [5.41, 5.74) is 0.353. The van der Waals surface area contributed by atoms with Gasteiger partial charge in [0.2, 0.25) is 15.9 Å². The number of carboxylic acids is 1. The third kappa shape index (κ3) is 6.36. The number of amides is 1. The number of nitrogens with one attached hydrogen (secondary N) is 2. The molecular formula is C11H15N3O5S2. The molecule has 0 aliphatic carbocycles. The molecule has 0 saturated heterocycles. The molecule has 10 heteroatoms. The number of carboxylic acid groups (broad SMARTS) is 1. The number of carbonyl (C=O) groups excluding carboxylic acids is 1. The number of rotatable bonds is 8. The van der Waals surface area contributed by atoms with Crippen molar-refractivity contribution in [3.8, 4) is 0 Å². The summed E-state index contributed by atoms with van der Waals surface area (Å²) in [7, 11) is -3.42. The molecule has 21 heavy (non-hydrogen) atoms. The lowest BCUT2D eigenvalue weighted by atomic mass is 10.2. The van der Waals surface area contributed by atoms with Crippen LogP contribution in [0.5, 0.6) is 0 Å². The number of hydrogen-bond donors (Lipinski definition) is 3. The van der Waals surface area contributed by atoms with Crippen LogP contribution in [0.1, 0.15) is 12.1 Å². The first-order valence-electron chi connectivity index (χ1n) is 5.76. The minimum Gasteiger partial charge on any atom is -0.480 e. The molecule has 116 valence electrons. The van der Waals surface area contributed by atoms with Gasteiger partial charge in [-0.3, -0.25) is 9.52 Å². The summed E-state index contributed by atoms with van der Waals surface area (Å²) >= 11 is 1.04. The average molecular weight is 333 g/mol. The molecule has 3 N–H and O–H groups in total. The summed E-state index contributed by atoms with van der Waals surface area (Å²) in [6.07, 6.45) is 2.37. The van der Waals surface area contributed by atoms with E-state index in [4.69, 9.17) is 5.11 Å². The van der Waals surface area contributed by atoms with Crippen LogP contribution in [0, 0.1) is 0 Å². The number of carbonyl (C=O) groups is 2. The van der Waals surface area contributed by atoms with Crippen LogP contribution in [0.3, 0.4) is 0 Å². The standard InChI is InChI=1S/C11H15N3O5S2/c1-3-4-8(10(16)17)13-9(15)5-7-6-20-11(12-7)14-21(2,18)19/h3,6,8H,1,4-5H2,2H3,(H,12,14)(H,13,15)(H,16,17). The third-order valence-electron chi connectivity index (χ3n) is 2.20. The summed E-state index contributed by atoms with van der Waals surface area (Å²) in [5.74, 6) is -1.67. The Morgan fingerprint density at radius 3 is 2.76 bits per heavy atom. The SMILES string of the molecule is C=CCC(NC(=O)Cc1csc(NS(C)(=O)=O)n1)C(=O)O. The molecule has 1 aromatic heterocycles. The maximum Gasteiger partial charge on any atom is 0.326 e. The van der Waals surface area contributed by atoms with E-state index >= 15 is 0 Å². The van der Waals surface area contributed by atoms with E-state index in [1.54, 1.807) is 0 Å². The molecule has 1 aromatic rings. The van der Waals surface area contributed by atoms with Gasteiger partial charge in [0, 0.05) is 5.38 Å². The van der Waals surface area contributed by atoms with Crippen molar-refractivity contribution >= 4 is 38.4 Å². The highest BCUT2D eigenvalue weighted by molar-refractivity contribution is 7.92. The Morgan fingerprint density at radius 2 is 2.24 bits per heavy atom. The number of hydrogen-bond acceptors (Lipinski definition) is 6. The van der Waals surface area contributed by atoms with Gasteiger partial charge in [-0.25, -0.2) is 18.2 Å². The van der Waals surface area contributed by atoms with Crippen molar-refractivity contribution in [1.29, 1.82) is 0 Å². The van der Waals surface area contributed by atoms with Gasteiger partial charge >= 0.3 is 5.97 Å². The van der Waals surface area contributed by atoms with Crippen LogP contribution >= 0.6 is 11.3 Å². The second-order valence-corrected chi connectivity index (χ2v) is 6.78. The summed E-state index contributed by atoms with van der Waals surface area (Å²) in [4.78, 5) is 26.5. The smallest absolute Gasteiger partial charge is 0.326 e. The van der Waals surface area contributed by atoms with E-state index in [-0.39, 0.29) is 18.0 Å². The molecule has 0 aromatic carbocycles. The Kier molecular flexibility index (Phi) is 5.85. The number of thiazole rings is 1. The molecular weight excluding hydrogens is 318 g/mol. The Morgan fingerprint density at radius 1 is 1.57 bits per heavy atom. The Bertz CT molecular complexity index is 638. The molecule has 0 saturated carbocycles. The van der Waals surface area contributed by atoms with Gasteiger partial charge in [0.05, 0.1) is 18.4 Å². The van der Waals surface area contributed by atoms with Gasteiger partial charge in [0.1, 0.15) is 6.04 Å². The Hall–Kier alpha value is -1.94. The van der Waals surface area contributed by atoms with Crippen molar-refractivity contribution in [3.05, 3.63) is 23.7 Å². The first kappa shape index (κ1) is 17.1. The highest BCUT2D eigenvalue weighted by atomic mass is 32.2. The topological polar surface area (TPSA) is 125 Å². The monoisotopic (exact) mass is 333 g/mol. The van der Waals surface area contributed by atoms with E-state index in [1.807, 2.05) is 0 Å². The zero-order valence-electron chi connectivity index (χ0n) is 11.2. The second-order valence-electron chi connectivity index (χ2n) is 4.18. The fourth-order valence-electron chi connectivity index (χ4n) is 1.39. The predicted molar refractivity (Wildman–Crippen MR) is 78.7 cm³/mol. The van der Waals surface area contributed by atoms with Crippen LogP contribution < -0.4 is 10.0 Å². The zero-order valence-corrected chi connectivity index (χ0v) is 12.8. The highest BCUT2D eigenvalue weighted by Gasteiger charge is 2.19. The Balaban J connectivity index is 2.62. The molecule has 0 bridgehead atoms. The molecule has 0 spiro atoms. The van der Waals surface area contributed by atoms with Gasteiger partial charge in [0.25, 0.3) is 0 Å². The van der Waals surface area contributed by atoms with Gasteiger partial charge in [-0.05, 0) is 6.42 Å². The van der Waals surface area contributed by atoms with E-state index in [0.717, 1.165) is 17.6 Å². The first-order chi connectivity index (χ1) is 9.71. The fraction of sp³-hybridized carbons (Fsp3) is 0.364. The summed E-state index contributed by atoms with van der Waals surface area (Å²) < 4.78 is 24.2. The van der Waals surface area contributed by atoms with Crippen LogP contribution in [0.25, 0.3) is 0 Å². The van der Waals surface area contributed by atoms with Gasteiger partial charge in [-0.15, -0.1) is 17.9 Å². The average Bonchev–Trinajstić information content (AvgIpc) is 2.73. The molecule has 1 atom stereocenters. The van der Waals surface area contributed by atoms with E-state index in [2.05, 4.69) is 21.6 Å². The molecule has 1 rings (SSSR count). The van der Waals surface area contributed by atoms with Gasteiger partial charge in [-0.1, -0.05) is 6.08 Å². The lowest BCUT2D eigenvalue weighted by Crippen LogP contribution is -2.41. The molecule has 0 aliphatic rings. The maximum atomic E-state index is 11.7. The molecule has 0 radical (unpaired) electrons. The van der Waals surface area contributed by atoms with E-state index in [0.29, 0.717) is 5.69 Å². The minimum atomic E-state index is -3.42. The van der Waals surface area contributed by atoms with Crippen molar-refractivity contribution in [1.82, 2.24) is 10.3 Å². The van der Waals surface area contributed by atoms with Crippen LogP contribution in [0.2, 0.25) is 0 Å². The van der Waals surface area contributed by atoms with Crippen LogP contribution in [0.4, 0.5) is 5.13 Å². The van der Waals surface area contributed by atoms with E-state index in [1.165, 1.54) is 11.5 Å². The normalized spacial score (nSPS) is 12.4. The van der Waals surface area contributed by atoms with Crippen molar-refractivity contribution in [2.24, 2.45) is 0 Å². The van der Waals surface area contributed by atoms with Crippen LogP contribution in [0.15, 0.2) is 18.0 Å². The Labute approximate surface area is 125 Å². The van der Waals surface area contributed by atoms with E-state index < -0.39 is 27.9 Å². The molecule has 0 fully saturated rings. The number of sulfonamides is 1. The number of aromatic nitrogens is 1. The summed E-state index contributed by atoms with van der Waals surface area (Å²) in [6.45, 7) is 3.42. The maximum absolute atomic E-state index is 11.7. The minimum absolute atomic E-state index is 0.110. The predicted octanol–water partition coefficient (Wildman–Crippen LogP) is 0.203. The lowest BCUT2D eigenvalue weighted by Gasteiger charge is -2.11. The molecule has 1 unspecified atom stereocenters. The molecule has 1 amide bonds. The quantitative estimate of drug-likeness (QED) is 0.584. The molecule has 0 aliphatic heterocycles. The van der Waals surface area contributed by atoms with Crippen molar-refractivity contribution in [2.75, 3.05) is 11.0 Å². The van der Waals surface area contributed by atoms with Gasteiger partial charge < -0.3 is 10.4 Å². The van der Waals surface area contributed by atoms with E-state index in [9.17, 15) is 18.0 Å². The zero-order chi connectivity index (χ0) is 16.0. The van der Waals surface area contributed by atoms with Crippen LogP contribution in [-0.2, 0) is 26.0 Å². The van der Waals surface area contributed by atoms with Gasteiger partial charge in [0.15, 0.2) is 5.13 Å². The van der Waals surface area contributed by atoms with Gasteiger partial charge in [-0.2, -0.15) is 0 Å². The second kappa shape index (κ2) is 7.18. The number of aliphatic carboxylic acids is 1. The van der Waals surface area contributed by atoms with Crippen molar-refractivity contribution in [3.63, 3.8) is 0 Å². The molecule has 1 heterocycles. The molecule has 8 nitrogen and oxygen atoms in total. The van der Waals surface area contributed by atoms with Crippen molar-refractivity contribution in [2.45, 2.75) is 18.9 Å². The summed E-state index contributed by atoms with van der Waals surface area (Å²) in [5, 5.41) is 12.9.